The molecule has 1 amide bonds. The molecule has 0 spiro atoms. The lowest BCUT2D eigenvalue weighted by Crippen LogP contribution is -2.13. The quantitative estimate of drug-likeness (QED) is 0.303. The number of carbonyl (C=O) groups excluding carboxylic acids is 1. The number of methoxy groups -OCH3 is 1. The molecule has 0 saturated carbocycles. The molecule has 0 atom stereocenters. The molecule has 0 aliphatic rings. The van der Waals surface area contributed by atoms with Crippen molar-refractivity contribution in [3.8, 4) is 28.8 Å². The second-order valence-electron chi connectivity index (χ2n) is 7.89. The summed E-state index contributed by atoms with van der Waals surface area (Å²) in [5.41, 5.74) is 5.70. The molecule has 1 N–H and O–H groups in total. The lowest BCUT2D eigenvalue weighted by Gasteiger charge is -2.07. The highest BCUT2D eigenvalue weighted by Crippen LogP contribution is 2.30. The Hall–Kier alpha value is -4.63. The molecule has 4 rings (SSSR count). The predicted molar refractivity (Wildman–Crippen MR) is 134 cm³/mol. The Morgan fingerprint density at radius 2 is 1.79 bits per heavy atom. The lowest BCUT2D eigenvalue weighted by atomic mass is 10.0. The van der Waals surface area contributed by atoms with E-state index < -0.39 is 5.91 Å². The fraction of sp³-hybridized carbons (Fsp3) is 0.107. The van der Waals surface area contributed by atoms with Gasteiger partial charge in [0, 0.05) is 23.0 Å². The van der Waals surface area contributed by atoms with Gasteiger partial charge in [0.25, 0.3) is 5.91 Å². The number of aryl methyl sites for hydroxylation is 2. The minimum Gasteiger partial charge on any atom is -0.496 e. The SMILES string of the molecule is COc1ccc(-c2nn(-c3ccccc3)cc2/C=C(\C#N)C(=O)Nc2ccc(C)cc2)cc1C. The first kappa shape index (κ1) is 22.6. The third-order valence-electron chi connectivity index (χ3n) is 5.41. The highest BCUT2D eigenvalue weighted by molar-refractivity contribution is 6.10. The molecule has 0 aliphatic heterocycles. The zero-order chi connectivity index (χ0) is 24.1. The van der Waals surface area contributed by atoms with Crippen molar-refractivity contribution in [3.05, 3.63) is 101 Å². The summed E-state index contributed by atoms with van der Waals surface area (Å²) in [6.45, 7) is 3.93. The molecule has 6 heteroatoms. The van der Waals surface area contributed by atoms with E-state index in [2.05, 4.69) is 5.32 Å². The fourth-order valence-corrected chi connectivity index (χ4v) is 3.60. The molecule has 4 aromatic rings. The van der Waals surface area contributed by atoms with Crippen molar-refractivity contribution in [2.75, 3.05) is 12.4 Å². The normalized spacial score (nSPS) is 11.1. The summed E-state index contributed by atoms with van der Waals surface area (Å²) in [4.78, 5) is 12.8. The molecule has 0 aliphatic carbocycles. The molecule has 0 saturated heterocycles. The van der Waals surface area contributed by atoms with E-state index in [0.29, 0.717) is 16.9 Å². The number of nitrogens with zero attached hydrogens (tertiary/aromatic N) is 3. The number of rotatable bonds is 6. The van der Waals surface area contributed by atoms with Crippen LogP contribution in [-0.4, -0.2) is 22.8 Å². The third-order valence-corrected chi connectivity index (χ3v) is 5.41. The molecular formula is C28H24N4O2. The molecule has 1 heterocycles. The summed E-state index contributed by atoms with van der Waals surface area (Å²) in [6, 6.07) is 24.9. The summed E-state index contributed by atoms with van der Waals surface area (Å²) >= 11 is 0. The van der Waals surface area contributed by atoms with Crippen molar-refractivity contribution in [2.24, 2.45) is 0 Å². The number of benzene rings is 3. The number of carbonyl (C=O) groups is 1. The average molecular weight is 449 g/mol. The van der Waals surface area contributed by atoms with E-state index in [0.717, 1.165) is 28.1 Å². The maximum Gasteiger partial charge on any atom is 0.266 e. The number of hydrogen-bond acceptors (Lipinski definition) is 4. The van der Waals surface area contributed by atoms with E-state index >= 15 is 0 Å². The van der Waals surface area contributed by atoms with Crippen LogP contribution in [-0.2, 0) is 4.79 Å². The molecule has 0 unspecified atom stereocenters. The number of anilines is 1. The number of amides is 1. The van der Waals surface area contributed by atoms with Crippen molar-refractivity contribution >= 4 is 17.7 Å². The first-order valence-electron chi connectivity index (χ1n) is 10.8. The van der Waals surface area contributed by atoms with Gasteiger partial charge in [-0.25, -0.2) is 4.68 Å². The van der Waals surface area contributed by atoms with Gasteiger partial charge in [-0.3, -0.25) is 4.79 Å². The van der Waals surface area contributed by atoms with Crippen LogP contribution in [0.4, 0.5) is 5.69 Å². The number of para-hydroxylation sites is 1. The van der Waals surface area contributed by atoms with Gasteiger partial charge in [-0.1, -0.05) is 35.9 Å². The standard InChI is InChI=1S/C28H24N4O2/c1-19-9-12-24(13-10-19)30-28(33)22(17-29)16-23-18-32(25-7-5-4-6-8-25)31-27(23)21-11-14-26(34-3)20(2)15-21/h4-16,18H,1-3H3,(H,30,33)/b22-16+. The minimum atomic E-state index is -0.476. The maximum atomic E-state index is 12.8. The summed E-state index contributed by atoms with van der Waals surface area (Å²) in [7, 11) is 1.63. The van der Waals surface area contributed by atoms with Gasteiger partial charge in [0.1, 0.15) is 23.1 Å². The van der Waals surface area contributed by atoms with Gasteiger partial charge >= 0.3 is 0 Å². The van der Waals surface area contributed by atoms with Gasteiger partial charge in [-0.05, 0) is 68.0 Å². The van der Waals surface area contributed by atoms with Crippen LogP contribution in [0.15, 0.2) is 84.6 Å². The molecule has 168 valence electrons. The van der Waals surface area contributed by atoms with Gasteiger partial charge in [-0.15, -0.1) is 0 Å². The molecule has 0 fully saturated rings. The van der Waals surface area contributed by atoms with Crippen LogP contribution in [0.3, 0.4) is 0 Å². The van der Waals surface area contributed by atoms with Gasteiger partial charge in [0.05, 0.1) is 12.8 Å². The number of hydrogen-bond donors (Lipinski definition) is 1. The highest BCUT2D eigenvalue weighted by atomic mass is 16.5. The third kappa shape index (κ3) is 4.89. The molecule has 0 bridgehead atoms. The van der Waals surface area contributed by atoms with Crippen molar-refractivity contribution in [1.29, 1.82) is 5.26 Å². The topological polar surface area (TPSA) is 79.9 Å². The van der Waals surface area contributed by atoms with Gasteiger partial charge in [0.2, 0.25) is 0 Å². The second kappa shape index (κ2) is 9.88. The average Bonchev–Trinajstić information content (AvgIpc) is 3.28. The van der Waals surface area contributed by atoms with Crippen molar-refractivity contribution in [3.63, 3.8) is 0 Å². The van der Waals surface area contributed by atoms with E-state index in [9.17, 15) is 10.1 Å². The van der Waals surface area contributed by atoms with Crippen LogP contribution < -0.4 is 10.1 Å². The van der Waals surface area contributed by atoms with Crippen molar-refractivity contribution in [1.82, 2.24) is 9.78 Å². The number of aromatic nitrogens is 2. The van der Waals surface area contributed by atoms with E-state index in [1.807, 2.05) is 86.8 Å². The Labute approximate surface area is 198 Å². The summed E-state index contributed by atoms with van der Waals surface area (Å²) in [6.07, 6.45) is 3.39. The summed E-state index contributed by atoms with van der Waals surface area (Å²) in [5, 5.41) is 17.3. The Morgan fingerprint density at radius 1 is 1.06 bits per heavy atom. The van der Waals surface area contributed by atoms with Crippen LogP contribution in [0.25, 0.3) is 23.0 Å². The summed E-state index contributed by atoms with van der Waals surface area (Å²) in [5.74, 6) is 0.300. The molecule has 1 aromatic heterocycles. The number of nitrogens with one attached hydrogen (secondary N) is 1. The molecule has 3 aromatic carbocycles. The van der Waals surface area contributed by atoms with Crippen LogP contribution >= 0.6 is 0 Å². The molecule has 6 nitrogen and oxygen atoms in total. The molecule has 34 heavy (non-hydrogen) atoms. The van der Waals surface area contributed by atoms with Crippen molar-refractivity contribution < 1.29 is 9.53 Å². The second-order valence-corrected chi connectivity index (χ2v) is 7.89. The number of nitriles is 1. The molecular weight excluding hydrogens is 424 g/mol. The fourth-order valence-electron chi connectivity index (χ4n) is 3.60. The van der Waals surface area contributed by atoms with E-state index in [4.69, 9.17) is 9.84 Å². The zero-order valence-corrected chi connectivity index (χ0v) is 19.2. The smallest absolute Gasteiger partial charge is 0.266 e. The monoisotopic (exact) mass is 448 g/mol. The first-order valence-corrected chi connectivity index (χ1v) is 10.8. The number of ether oxygens (including phenoxy) is 1. The maximum absolute atomic E-state index is 12.8. The van der Waals surface area contributed by atoms with Crippen LogP contribution in [0.1, 0.15) is 16.7 Å². The Bertz CT molecular complexity index is 1390. The summed E-state index contributed by atoms with van der Waals surface area (Å²) < 4.78 is 7.13. The highest BCUT2D eigenvalue weighted by Gasteiger charge is 2.16. The first-order chi connectivity index (χ1) is 16.5. The van der Waals surface area contributed by atoms with Crippen LogP contribution in [0.2, 0.25) is 0 Å². The van der Waals surface area contributed by atoms with Gasteiger partial charge < -0.3 is 10.1 Å². The lowest BCUT2D eigenvalue weighted by molar-refractivity contribution is -0.112. The Kier molecular flexibility index (Phi) is 6.56. The molecule has 0 radical (unpaired) electrons. The Morgan fingerprint density at radius 3 is 2.44 bits per heavy atom. The van der Waals surface area contributed by atoms with Crippen LogP contribution in [0, 0.1) is 25.2 Å². The predicted octanol–water partition coefficient (Wildman–Crippen LogP) is 5.71. The Balaban J connectivity index is 1.77. The van der Waals surface area contributed by atoms with Gasteiger partial charge in [0.15, 0.2) is 0 Å². The van der Waals surface area contributed by atoms with E-state index in [1.165, 1.54) is 0 Å². The van der Waals surface area contributed by atoms with E-state index in [-0.39, 0.29) is 5.57 Å². The van der Waals surface area contributed by atoms with E-state index in [1.54, 1.807) is 30.0 Å². The minimum absolute atomic E-state index is 0.0142. The zero-order valence-electron chi connectivity index (χ0n) is 19.2. The largest absolute Gasteiger partial charge is 0.496 e. The van der Waals surface area contributed by atoms with Crippen molar-refractivity contribution in [2.45, 2.75) is 13.8 Å². The van der Waals surface area contributed by atoms with Gasteiger partial charge in [-0.2, -0.15) is 10.4 Å². The van der Waals surface area contributed by atoms with Crippen LogP contribution in [0.5, 0.6) is 5.75 Å².